The third kappa shape index (κ3) is 10.8. The van der Waals surface area contributed by atoms with E-state index in [2.05, 4.69) is 84.8 Å². The molecule has 0 saturated carbocycles. The zero-order valence-corrected chi connectivity index (χ0v) is 28.3. The van der Waals surface area contributed by atoms with Gasteiger partial charge in [0.2, 0.25) is 0 Å². The summed E-state index contributed by atoms with van der Waals surface area (Å²) in [4.78, 5) is 23.5. The number of halogens is 4. The van der Waals surface area contributed by atoms with Crippen molar-refractivity contribution in [2.24, 2.45) is 10.2 Å². The average Bonchev–Trinajstić information content (AvgIpc) is 2.95. The van der Waals surface area contributed by atoms with Crippen LogP contribution in [0.1, 0.15) is 31.8 Å². The van der Waals surface area contributed by atoms with Gasteiger partial charge in [0.05, 0.1) is 23.6 Å². The van der Waals surface area contributed by atoms with E-state index in [-0.39, 0.29) is 28.9 Å². The quantitative estimate of drug-likeness (QED) is 0.0956. The van der Waals surface area contributed by atoms with E-state index in [0.29, 0.717) is 42.7 Å². The van der Waals surface area contributed by atoms with Gasteiger partial charge in [-0.05, 0) is 80.4 Å². The molecule has 0 fully saturated rings. The van der Waals surface area contributed by atoms with Gasteiger partial charge in [-0.3, -0.25) is 9.59 Å². The van der Waals surface area contributed by atoms with Crippen molar-refractivity contribution in [1.82, 2.24) is 10.9 Å². The number of hydrogen-bond donors (Lipinski definition) is 2. The maximum absolute atomic E-state index is 11.8. The second-order valence-electron chi connectivity index (χ2n) is 7.83. The summed E-state index contributed by atoms with van der Waals surface area (Å²) < 4.78 is 2.97. The molecule has 0 atom stereocenters. The Balaban J connectivity index is 0.000000280. The van der Waals surface area contributed by atoms with E-state index >= 15 is 0 Å². The molecule has 2 amide bonds. The van der Waals surface area contributed by atoms with E-state index in [1.54, 1.807) is 72.8 Å². The minimum Gasteiger partial charge on any atom is -0.592 e. The minimum atomic E-state index is -0.289. The Hall–Kier alpha value is -2.80. The molecule has 0 unspecified atom stereocenters. The Labute approximate surface area is 280 Å². The average molecular weight is 854 g/mol. The van der Waals surface area contributed by atoms with Gasteiger partial charge in [-0.2, -0.15) is 10.2 Å². The molecular formula is C28H22Br4FeN4O4+4. The van der Waals surface area contributed by atoms with Gasteiger partial charge in [0, 0.05) is 20.1 Å². The third-order valence-corrected chi connectivity index (χ3v) is 7.15. The van der Waals surface area contributed by atoms with E-state index in [4.69, 9.17) is 10.2 Å². The van der Waals surface area contributed by atoms with Gasteiger partial charge in [-0.15, -0.1) is 0 Å². The van der Waals surface area contributed by atoms with E-state index in [1.807, 2.05) is 12.1 Å². The summed E-state index contributed by atoms with van der Waals surface area (Å²) in [7, 11) is 0. The molecule has 0 bridgehead atoms. The predicted molar refractivity (Wildman–Crippen MR) is 173 cm³/mol. The molecule has 8 nitrogen and oxygen atoms in total. The second-order valence-corrected chi connectivity index (χ2v) is 11.4. The zero-order valence-electron chi connectivity index (χ0n) is 20.8. The number of benzene rings is 4. The van der Waals surface area contributed by atoms with Gasteiger partial charge in [0.25, 0.3) is 23.3 Å². The fraction of sp³-hybridized carbons (Fsp3) is 0. The molecule has 0 aliphatic carbocycles. The van der Waals surface area contributed by atoms with Gasteiger partial charge in [0.15, 0.2) is 0 Å². The van der Waals surface area contributed by atoms with Gasteiger partial charge in [0.1, 0.15) is 8.95 Å². The molecule has 0 aliphatic rings. The van der Waals surface area contributed by atoms with Crippen LogP contribution >= 0.6 is 63.7 Å². The Kier molecular flexibility index (Phi) is 14.5. The SMILES string of the molecule is O=C(NN=Cc1cc(Br)cc(Br)c1[OH2+])c1ccccc1.O=C(NN=Cc1cc(Br)cc(Br)c1[OH2+])c1ccccc1.[Fe+2]. The van der Waals surface area contributed by atoms with Crippen LogP contribution in [0.25, 0.3) is 0 Å². The number of carbonyl (C=O) groups excluding carboxylic acids is 2. The number of rotatable bonds is 6. The predicted octanol–water partition coefficient (Wildman–Crippen LogP) is 6.82. The molecule has 13 heteroatoms. The van der Waals surface area contributed by atoms with Crippen molar-refractivity contribution >= 4 is 88.0 Å². The molecule has 0 radical (unpaired) electrons. The zero-order chi connectivity index (χ0) is 29.1. The summed E-state index contributed by atoms with van der Waals surface area (Å²) in [5.74, 6) is 0.0432. The molecule has 0 saturated heterocycles. The maximum Gasteiger partial charge on any atom is 2.00 e. The normalized spacial score (nSPS) is 10.4. The Bertz CT molecular complexity index is 1440. The number of nitrogens with zero attached hydrogens (tertiary/aromatic N) is 2. The van der Waals surface area contributed by atoms with E-state index < -0.39 is 0 Å². The molecule has 4 rings (SSSR count). The van der Waals surface area contributed by atoms with Crippen molar-refractivity contribution in [1.29, 1.82) is 0 Å². The Morgan fingerprint density at radius 1 is 0.610 bits per heavy atom. The summed E-state index contributed by atoms with van der Waals surface area (Å²) in [6.45, 7) is 0. The molecule has 0 heterocycles. The number of hydrazone groups is 2. The van der Waals surface area contributed by atoms with Crippen molar-refractivity contribution < 1.29 is 36.9 Å². The molecule has 4 aromatic rings. The van der Waals surface area contributed by atoms with Crippen LogP contribution < -0.4 is 10.9 Å². The number of nitrogens with one attached hydrogen (secondary N) is 2. The molecule has 0 aromatic heterocycles. The molecule has 0 spiro atoms. The van der Waals surface area contributed by atoms with Gasteiger partial charge in [-0.1, -0.05) is 68.3 Å². The van der Waals surface area contributed by atoms with E-state index in [0.717, 1.165) is 8.95 Å². The number of hydrogen-bond acceptors (Lipinski definition) is 4. The number of carbonyl (C=O) groups is 2. The first-order valence-corrected chi connectivity index (χ1v) is 14.5. The third-order valence-electron chi connectivity index (χ3n) is 4.98. The Morgan fingerprint density at radius 3 is 1.29 bits per heavy atom. The second kappa shape index (κ2) is 17.2. The molecule has 0 aliphatic heterocycles. The van der Waals surface area contributed by atoms with Crippen LogP contribution in [0.15, 0.2) is 113 Å². The van der Waals surface area contributed by atoms with Crippen molar-refractivity contribution in [2.75, 3.05) is 0 Å². The molecule has 41 heavy (non-hydrogen) atoms. The van der Waals surface area contributed by atoms with Gasteiger partial charge < -0.3 is 10.2 Å². The van der Waals surface area contributed by atoms with Crippen LogP contribution in [0, 0.1) is 0 Å². The maximum atomic E-state index is 11.8. The summed E-state index contributed by atoms with van der Waals surface area (Å²) in [5, 5.41) is 23.5. The van der Waals surface area contributed by atoms with Crippen LogP contribution in [-0.2, 0) is 17.1 Å². The minimum absolute atomic E-state index is 0. The van der Waals surface area contributed by atoms with Crippen molar-refractivity contribution in [2.45, 2.75) is 0 Å². The van der Waals surface area contributed by atoms with Gasteiger partial charge >= 0.3 is 17.1 Å². The van der Waals surface area contributed by atoms with Crippen LogP contribution in [0.3, 0.4) is 0 Å². The van der Waals surface area contributed by atoms with Crippen molar-refractivity contribution in [3.63, 3.8) is 0 Å². The van der Waals surface area contributed by atoms with E-state index in [9.17, 15) is 9.59 Å². The topological polar surface area (TPSA) is 129 Å². The van der Waals surface area contributed by atoms with E-state index in [1.165, 1.54) is 12.4 Å². The summed E-state index contributed by atoms with van der Waals surface area (Å²) in [6, 6.07) is 24.7. The standard InChI is InChI=1S/2C14H10Br2N2O2.Fe/c2*15-11-6-10(13(19)12(16)7-11)8-17-18-14(20)9-4-2-1-3-5-9;/h2*1-8,19H,(H,18,20);/q;;+2/p+2. The molecule has 4 aromatic carbocycles. The molecular weight excluding hydrogens is 832 g/mol. The van der Waals surface area contributed by atoms with Crippen LogP contribution in [0.2, 0.25) is 0 Å². The first-order chi connectivity index (χ1) is 19.2. The van der Waals surface area contributed by atoms with Crippen molar-refractivity contribution in [3.8, 4) is 11.5 Å². The van der Waals surface area contributed by atoms with Crippen LogP contribution in [0.4, 0.5) is 0 Å². The fourth-order valence-electron chi connectivity index (χ4n) is 3.02. The first kappa shape index (κ1) is 34.4. The van der Waals surface area contributed by atoms with Crippen molar-refractivity contribution in [3.05, 3.63) is 125 Å². The summed E-state index contributed by atoms with van der Waals surface area (Å²) >= 11 is 13.3. The summed E-state index contributed by atoms with van der Waals surface area (Å²) in [6.07, 6.45) is 2.89. The number of amides is 2. The largest absolute Gasteiger partial charge is 2.00 e. The molecule has 210 valence electrons. The monoisotopic (exact) mass is 850 g/mol. The summed E-state index contributed by atoms with van der Waals surface area (Å²) in [5.41, 5.74) is 7.12. The Morgan fingerprint density at radius 2 is 0.951 bits per heavy atom. The molecule has 6 N–H and O–H groups in total. The fourth-order valence-corrected chi connectivity index (χ4v) is 5.54. The van der Waals surface area contributed by atoms with Gasteiger partial charge in [-0.25, -0.2) is 10.9 Å². The first-order valence-electron chi connectivity index (χ1n) is 11.3. The smallest absolute Gasteiger partial charge is 0.592 e. The van der Waals surface area contributed by atoms with Crippen LogP contribution in [-0.4, -0.2) is 34.5 Å². The van der Waals surface area contributed by atoms with Crippen LogP contribution in [0.5, 0.6) is 11.5 Å².